The quantitative estimate of drug-likeness (QED) is 0.596. The molecule has 0 unspecified atom stereocenters. The zero-order valence-electron chi connectivity index (χ0n) is 6.63. The van der Waals surface area contributed by atoms with E-state index >= 15 is 0 Å². The number of hydrogen-bond donors (Lipinski definition) is 0. The van der Waals surface area contributed by atoms with Crippen LogP contribution in [0.5, 0.6) is 5.75 Å². The molecule has 57 valence electrons. The molecule has 0 heterocycles. The van der Waals surface area contributed by atoms with E-state index in [0.717, 1.165) is 17.7 Å². The third-order valence-corrected chi connectivity index (χ3v) is 1.49. The Labute approximate surface area is 67.3 Å². The fraction of sp³-hybridized carbons (Fsp3) is 0.200. The first-order chi connectivity index (χ1) is 5.38. The number of ether oxygens (including phenoxy) is 1. The van der Waals surface area contributed by atoms with Gasteiger partial charge in [0, 0.05) is 0 Å². The molecular formula is C10H11O. The van der Waals surface area contributed by atoms with Crippen LogP contribution in [0.15, 0.2) is 30.9 Å². The molecule has 0 aliphatic heterocycles. The molecule has 1 radical (unpaired) electrons. The molecule has 1 aromatic rings. The van der Waals surface area contributed by atoms with Crippen molar-refractivity contribution in [2.24, 2.45) is 0 Å². The average Bonchev–Trinajstić information content (AvgIpc) is 2.06. The lowest BCUT2D eigenvalue weighted by atomic mass is 10.1. The van der Waals surface area contributed by atoms with Crippen LogP contribution in [0.3, 0.4) is 0 Å². The van der Waals surface area contributed by atoms with Gasteiger partial charge in [0.15, 0.2) is 0 Å². The minimum atomic E-state index is 0.834. The predicted molar refractivity (Wildman–Crippen MR) is 45.7 cm³/mol. The molecule has 0 atom stereocenters. The van der Waals surface area contributed by atoms with Crippen molar-refractivity contribution < 1.29 is 4.74 Å². The van der Waals surface area contributed by atoms with Crippen molar-refractivity contribution in [2.45, 2.75) is 6.42 Å². The van der Waals surface area contributed by atoms with E-state index in [2.05, 4.69) is 12.6 Å². The highest BCUT2D eigenvalue weighted by molar-refractivity contribution is 5.33. The van der Waals surface area contributed by atoms with Crippen LogP contribution >= 0.6 is 0 Å². The fourth-order valence-corrected chi connectivity index (χ4v) is 0.965. The molecule has 0 aliphatic rings. The Morgan fingerprint density at radius 1 is 1.73 bits per heavy atom. The SMILES string of the molecule is C=CCc1c[c]ccc1OC. The summed E-state index contributed by atoms with van der Waals surface area (Å²) in [5.74, 6) is 0.906. The molecule has 0 N–H and O–H groups in total. The number of benzene rings is 1. The molecule has 1 heteroatoms. The lowest BCUT2D eigenvalue weighted by Crippen LogP contribution is -1.89. The highest BCUT2D eigenvalue weighted by Crippen LogP contribution is 2.17. The van der Waals surface area contributed by atoms with E-state index in [9.17, 15) is 0 Å². The van der Waals surface area contributed by atoms with Crippen LogP contribution in [0.2, 0.25) is 0 Å². The lowest BCUT2D eigenvalue weighted by Gasteiger charge is -2.04. The van der Waals surface area contributed by atoms with E-state index in [1.807, 2.05) is 24.3 Å². The number of allylic oxidation sites excluding steroid dienone is 1. The standard InChI is InChI=1S/C10H11O/c1-3-6-9-7-4-5-8-10(9)11-2/h3,5,7-8H,1,6H2,2H3. The highest BCUT2D eigenvalue weighted by atomic mass is 16.5. The van der Waals surface area contributed by atoms with Crippen LogP contribution in [-0.4, -0.2) is 7.11 Å². The maximum Gasteiger partial charge on any atom is 0.122 e. The average molecular weight is 147 g/mol. The van der Waals surface area contributed by atoms with E-state index in [4.69, 9.17) is 4.74 Å². The van der Waals surface area contributed by atoms with E-state index in [-0.39, 0.29) is 0 Å². The zero-order valence-corrected chi connectivity index (χ0v) is 6.63. The Bertz CT molecular complexity index is 240. The van der Waals surface area contributed by atoms with Gasteiger partial charge in [-0.05, 0) is 30.2 Å². The molecular weight excluding hydrogens is 136 g/mol. The lowest BCUT2D eigenvalue weighted by molar-refractivity contribution is 0.410. The van der Waals surface area contributed by atoms with Crippen molar-refractivity contribution >= 4 is 0 Å². The molecule has 1 rings (SSSR count). The van der Waals surface area contributed by atoms with Crippen LogP contribution in [0.25, 0.3) is 0 Å². The number of methoxy groups -OCH3 is 1. The van der Waals surface area contributed by atoms with E-state index < -0.39 is 0 Å². The summed E-state index contributed by atoms with van der Waals surface area (Å²) in [5.41, 5.74) is 1.13. The van der Waals surface area contributed by atoms with Crippen LogP contribution in [0.4, 0.5) is 0 Å². The zero-order chi connectivity index (χ0) is 8.10. The molecule has 0 amide bonds. The monoisotopic (exact) mass is 147 g/mol. The highest BCUT2D eigenvalue weighted by Gasteiger charge is 1.96. The van der Waals surface area contributed by atoms with Crippen molar-refractivity contribution in [3.63, 3.8) is 0 Å². The largest absolute Gasteiger partial charge is 0.496 e. The number of rotatable bonds is 3. The predicted octanol–water partition coefficient (Wildman–Crippen LogP) is 2.22. The van der Waals surface area contributed by atoms with Crippen LogP contribution < -0.4 is 4.74 Å². The molecule has 0 bridgehead atoms. The van der Waals surface area contributed by atoms with Gasteiger partial charge >= 0.3 is 0 Å². The maximum absolute atomic E-state index is 5.13. The topological polar surface area (TPSA) is 9.23 Å². The first kappa shape index (κ1) is 7.86. The maximum atomic E-state index is 5.13. The summed E-state index contributed by atoms with van der Waals surface area (Å²) in [6.07, 6.45) is 2.69. The van der Waals surface area contributed by atoms with Gasteiger partial charge in [-0.15, -0.1) is 6.58 Å². The summed E-state index contributed by atoms with van der Waals surface area (Å²) in [6.45, 7) is 3.66. The molecule has 1 aromatic carbocycles. The Balaban J connectivity index is 2.92. The van der Waals surface area contributed by atoms with Crippen LogP contribution in [-0.2, 0) is 6.42 Å². The Morgan fingerprint density at radius 2 is 2.55 bits per heavy atom. The Kier molecular flexibility index (Phi) is 2.73. The minimum absolute atomic E-state index is 0.834. The van der Waals surface area contributed by atoms with Gasteiger partial charge in [0.2, 0.25) is 0 Å². The third-order valence-electron chi connectivity index (χ3n) is 1.49. The number of hydrogen-bond acceptors (Lipinski definition) is 1. The summed E-state index contributed by atoms with van der Waals surface area (Å²) >= 11 is 0. The van der Waals surface area contributed by atoms with Crippen LogP contribution in [0.1, 0.15) is 5.56 Å². The third kappa shape index (κ3) is 1.84. The molecule has 0 spiro atoms. The fourth-order valence-electron chi connectivity index (χ4n) is 0.965. The van der Waals surface area contributed by atoms with Crippen molar-refractivity contribution in [2.75, 3.05) is 7.11 Å². The van der Waals surface area contributed by atoms with Gasteiger partial charge in [-0.1, -0.05) is 12.1 Å². The normalized spacial score (nSPS) is 9.18. The second kappa shape index (κ2) is 3.81. The van der Waals surface area contributed by atoms with Gasteiger partial charge in [-0.2, -0.15) is 0 Å². The molecule has 0 saturated heterocycles. The first-order valence-corrected chi connectivity index (χ1v) is 3.52. The van der Waals surface area contributed by atoms with Gasteiger partial charge < -0.3 is 4.74 Å². The first-order valence-electron chi connectivity index (χ1n) is 3.52. The van der Waals surface area contributed by atoms with E-state index in [1.54, 1.807) is 7.11 Å². The van der Waals surface area contributed by atoms with Gasteiger partial charge in [0.05, 0.1) is 7.11 Å². The van der Waals surface area contributed by atoms with E-state index in [1.165, 1.54) is 0 Å². The van der Waals surface area contributed by atoms with Crippen molar-refractivity contribution in [1.29, 1.82) is 0 Å². The van der Waals surface area contributed by atoms with E-state index in [0.29, 0.717) is 0 Å². The van der Waals surface area contributed by atoms with Crippen molar-refractivity contribution in [1.82, 2.24) is 0 Å². The molecule has 0 saturated carbocycles. The van der Waals surface area contributed by atoms with Crippen molar-refractivity contribution in [3.05, 3.63) is 42.5 Å². The van der Waals surface area contributed by atoms with Crippen LogP contribution in [0, 0.1) is 6.07 Å². The molecule has 11 heavy (non-hydrogen) atoms. The van der Waals surface area contributed by atoms with Gasteiger partial charge in [0.25, 0.3) is 0 Å². The smallest absolute Gasteiger partial charge is 0.122 e. The molecule has 0 aromatic heterocycles. The Hall–Kier alpha value is -1.24. The van der Waals surface area contributed by atoms with Crippen molar-refractivity contribution in [3.8, 4) is 5.75 Å². The second-order valence-electron chi connectivity index (χ2n) is 2.23. The summed E-state index contributed by atoms with van der Waals surface area (Å²) < 4.78 is 5.13. The van der Waals surface area contributed by atoms with Gasteiger partial charge in [-0.3, -0.25) is 0 Å². The Morgan fingerprint density at radius 3 is 3.18 bits per heavy atom. The molecule has 0 aliphatic carbocycles. The molecule has 1 nitrogen and oxygen atoms in total. The summed E-state index contributed by atoms with van der Waals surface area (Å²) in [7, 11) is 1.67. The summed E-state index contributed by atoms with van der Waals surface area (Å²) in [4.78, 5) is 0. The van der Waals surface area contributed by atoms with Gasteiger partial charge in [0.1, 0.15) is 5.75 Å². The summed E-state index contributed by atoms with van der Waals surface area (Å²) in [6, 6.07) is 8.65. The summed E-state index contributed by atoms with van der Waals surface area (Å²) in [5, 5.41) is 0. The molecule has 0 fully saturated rings. The van der Waals surface area contributed by atoms with Gasteiger partial charge in [-0.25, -0.2) is 0 Å². The minimum Gasteiger partial charge on any atom is -0.496 e. The second-order valence-corrected chi connectivity index (χ2v) is 2.23.